The summed E-state index contributed by atoms with van der Waals surface area (Å²) < 4.78 is 23.5. The number of oxazole rings is 1. The number of rotatable bonds is 8. The van der Waals surface area contributed by atoms with Crippen molar-refractivity contribution in [3.8, 4) is 28.7 Å². The molecular formula is C32H36ClN3O5. The Morgan fingerprint density at radius 3 is 2.37 bits per heavy atom. The molecule has 0 aliphatic carbocycles. The molecule has 8 nitrogen and oxygen atoms in total. The van der Waals surface area contributed by atoms with Gasteiger partial charge in [0.15, 0.2) is 5.58 Å². The van der Waals surface area contributed by atoms with E-state index in [0.717, 1.165) is 48.4 Å². The second-order valence-corrected chi connectivity index (χ2v) is 11.6. The summed E-state index contributed by atoms with van der Waals surface area (Å²) >= 11 is 5.96. The molecule has 1 aliphatic heterocycles. The van der Waals surface area contributed by atoms with E-state index in [9.17, 15) is 4.79 Å². The normalized spacial score (nSPS) is 14.3. The van der Waals surface area contributed by atoms with Gasteiger partial charge in [-0.05, 0) is 94.3 Å². The largest absolute Gasteiger partial charge is 0.494 e. The molecule has 0 saturated carbocycles. The predicted octanol–water partition coefficient (Wildman–Crippen LogP) is 7.57. The molecule has 4 aromatic rings. The van der Waals surface area contributed by atoms with Gasteiger partial charge >= 0.3 is 6.09 Å². The van der Waals surface area contributed by atoms with Gasteiger partial charge < -0.3 is 23.5 Å². The number of halogens is 1. The summed E-state index contributed by atoms with van der Waals surface area (Å²) in [7, 11) is 0. The van der Waals surface area contributed by atoms with E-state index in [0.29, 0.717) is 47.7 Å². The van der Waals surface area contributed by atoms with Gasteiger partial charge in [-0.3, -0.25) is 4.90 Å². The van der Waals surface area contributed by atoms with Crippen LogP contribution in [-0.4, -0.2) is 65.8 Å². The Hall–Kier alpha value is -3.75. The Balaban J connectivity index is 1.11. The van der Waals surface area contributed by atoms with Crippen LogP contribution in [0.15, 0.2) is 65.1 Å². The quantitative estimate of drug-likeness (QED) is 0.200. The summed E-state index contributed by atoms with van der Waals surface area (Å²) in [6, 6.07) is 18.8. The Labute approximate surface area is 245 Å². The fourth-order valence-electron chi connectivity index (χ4n) is 4.65. The molecule has 0 N–H and O–H groups in total. The lowest BCUT2D eigenvalue weighted by atomic mass is 10.1. The van der Waals surface area contributed by atoms with Gasteiger partial charge in [-0.1, -0.05) is 11.6 Å². The maximum absolute atomic E-state index is 12.3. The first-order valence-corrected chi connectivity index (χ1v) is 14.3. The van der Waals surface area contributed by atoms with E-state index in [2.05, 4.69) is 9.88 Å². The molecule has 216 valence electrons. The maximum atomic E-state index is 12.3. The van der Waals surface area contributed by atoms with Crippen LogP contribution < -0.4 is 9.47 Å². The van der Waals surface area contributed by atoms with Gasteiger partial charge in [0.25, 0.3) is 0 Å². The van der Waals surface area contributed by atoms with Gasteiger partial charge in [-0.25, -0.2) is 9.78 Å². The Morgan fingerprint density at radius 1 is 0.951 bits per heavy atom. The SMILES string of the molecule is Cc1cc(OCCCN2CCN(C(=O)OC(C)(C)C)CC2)ccc1-c1nc2ccc(Oc3ccc(Cl)cc3)cc2o1. The van der Waals surface area contributed by atoms with E-state index in [4.69, 9.17) is 30.2 Å². The molecule has 0 unspecified atom stereocenters. The van der Waals surface area contributed by atoms with E-state index in [1.54, 1.807) is 17.0 Å². The third-order valence-corrected chi connectivity index (χ3v) is 7.00. The number of hydrogen-bond donors (Lipinski definition) is 0. The van der Waals surface area contributed by atoms with Crippen molar-refractivity contribution in [2.24, 2.45) is 0 Å². The minimum absolute atomic E-state index is 0.231. The molecule has 3 aromatic carbocycles. The topological polar surface area (TPSA) is 77.3 Å². The van der Waals surface area contributed by atoms with Crippen LogP contribution >= 0.6 is 11.6 Å². The lowest BCUT2D eigenvalue weighted by molar-refractivity contribution is 0.0142. The molecular weight excluding hydrogens is 542 g/mol. The molecule has 1 saturated heterocycles. The average molecular weight is 578 g/mol. The van der Waals surface area contributed by atoms with Crippen LogP contribution in [0.1, 0.15) is 32.8 Å². The number of hydrogen-bond acceptors (Lipinski definition) is 7. The van der Waals surface area contributed by atoms with Crippen molar-refractivity contribution in [2.45, 2.75) is 39.7 Å². The fourth-order valence-corrected chi connectivity index (χ4v) is 4.77. The highest BCUT2D eigenvalue weighted by Crippen LogP contribution is 2.32. The number of carbonyl (C=O) groups is 1. The Kier molecular flexibility index (Phi) is 8.71. The average Bonchev–Trinajstić information content (AvgIpc) is 3.35. The van der Waals surface area contributed by atoms with Crippen LogP contribution in [0.2, 0.25) is 5.02 Å². The Morgan fingerprint density at radius 2 is 1.66 bits per heavy atom. The minimum Gasteiger partial charge on any atom is -0.494 e. The highest BCUT2D eigenvalue weighted by molar-refractivity contribution is 6.30. The number of aromatic nitrogens is 1. The number of nitrogens with zero attached hydrogens (tertiary/aromatic N) is 3. The summed E-state index contributed by atoms with van der Waals surface area (Å²) in [4.78, 5) is 21.1. The van der Waals surface area contributed by atoms with Crippen LogP contribution in [0.4, 0.5) is 4.79 Å². The van der Waals surface area contributed by atoms with Crippen LogP contribution in [0.5, 0.6) is 17.2 Å². The summed E-state index contributed by atoms with van der Waals surface area (Å²) in [5.41, 5.74) is 2.87. The van der Waals surface area contributed by atoms with E-state index >= 15 is 0 Å². The highest BCUT2D eigenvalue weighted by atomic mass is 35.5. The number of carbonyl (C=O) groups excluding carboxylic acids is 1. The van der Waals surface area contributed by atoms with Crippen LogP contribution in [-0.2, 0) is 4.74 Å². The van der Waals surface area contributed by atoms with Gasteiger partial charge in [0.2, 0.25) is 5.89 Å². The standard InChI is InChI=1S/C32H36ClN3O5/c1-22-20-25(38-19-5-14-35-15-17-36(18-16-35)31(37)41-32(2,3)4)10-12-27(22)30-34-28-13-11-26(21-29(28)40-30)39-24-8-6-23(33)7-9-24/h6-13,20-21H,5,14-19H2,1-4H3. The summed E-state index contributed by atoms with van der Waals surface area (Å²) in [6.45, 7) is 12.3. The van der Waals surface area contributed by atoms with Crippen molar-refractivity contribution in [1.29, 1.82) is 0 Å². The van der Waals surface area contributed by atoms with Gasteiger partial charge in [0.1, 0.15) is 28.4 Å². The molecule has 1 aromatic heterocycles. The first kappa shape index (κ1) is 28.8. The van der Waals surface area contributed by atoms with Crippen molar-refractivity contribution in [2.75, 3.05) is 39.3 Å². The smallest absolute Gasteiger partial charge is 0.410 e. The van der Waals surface area contributed by atoms with Gasteiger partial charge in [-0.15, -0.1) is 0 Å². The molecule has 5 rings (SSSR count). The van der Waals surface area contributed by atoms with E-state index < -0.39 is 5.60 Å². The lowest BCUT2D eigenvalue weighted by Gasteiger charge is -2.35. The van der Waals surface area contributed by atoms with Crippen molar-refractivity contribution in [1.82, 2.24) is 14.8 Å². The maximum Gasteiger partial charge on any atom is 0.410 e. The predicted molar refractivity (Wildman–Crippen MR) is 160 cm³/mol. The number of fused-ring (bicyclic) bond motifs is 1. The molecule has 0 atom stereocenters. The molecule has 0 radical (unpaired) electrons. The van der Waals surface area contributed by atoms with E-state index in [1.807, 2.05) is 76.2 Å². The van der Waals surface area contributed by atoms with Gasteiger partial charge in [0.05, 0.1) is 6.61 Å². The van der Waals surface area contributed by atoms with Crippen LogP contribution in [0.3, 0.4) is 0 Å². The zero-order chi connectivity index (χ0) is 29.0. The summed E-state index contributed by atoms with van der Waals surface area (Å²) in [5, 5.41) is 0.659. The van der Waals surface area contributed by atoms with Crippen molar-refractivity contribution < 1.29 is 23.4 Å². The lowest BCUT2D eigenvalue weighted by Crippen LogP contribution is -2.50. The molecule has 2 heterocycles. The second-order valence-electron chi connectivity index (χ2n) is 11.2. The minimum atomic E-state index is -0.469. The number of piperazine rings is 1. The number of benzene rings is 3. The molecule has 0 bridgehead atoms. The highest BCUT2D eigenvalue weighted by Gasteiger charge is 2.25. The van der Waals surface area contributed by atoms with Crippen molar-refractivity contribution in [3.63, 3.8) is 0 Å². The van der Waals surface area contributed by atoms with Gasteiger partial charge in [-0.2, -0.15) is 0 Å². The molecule has 1 fully saturated rings. The molecule has 9 heteroatoms. The first-order chi connectivity index (χ1) is 19.6. The third-order valence-electron chi connectivity index (χ3n) is 6.75. The van der Waals surface area contributed by atoms with Gasteiger partial charge in [0, 0.05) is 49.4 Å². The van der Waals surface area contributed by atoms with E-state index in [1.165, 1.54) is 0 Å². The number of ether oxygens (including phenoxy) is 3. The monoisotopic (exact) mass is 577 g/mol. The van der Waals surface area contributed by atoms with Crippen LogP contribution in [0.25, 0.3) is 22.6 Å². The van der Waals surface area contributed by atoms with E-state index in [-0.39, 0.29) is 6.09 Å². The fraction of sp³-hybridized carbons (Fsp3) is 0.375. The zero-order valence-corrected chi connectivity index (χ0v) is 24.7. The van der Waals surface area contributed by atoms with Crippen molar-refractivity contribution >= 4 is 28.8 Å². The summed E-state index contributed by atoms with van der Waals surface area (Å²) in [6.07, 6.45) is 0.670. The molecule has 1 amide bonds. The number of aryl methyl sites for hydroxylation is 1. The first-order valence-electron chi connectivity index (χ1n) is 13.9. The van der Waals surface area contributed by atoms with Crippen molar-refractivity contribution in [3.05, 3.63) is 71.2 Å². The number of amides is 1. The molecule has 1 aliphatic rings. The van der Waals surface area contributed by atoms with Crippen LogP contribution in [0, 0.1) is 6.92 Å². The zero-order valence-electron chi connectivity index (χ0n) is 24.0. The Bertz CT molecular complexity index is 1490. The summed E-state index contributed by atoms with van der Waals surface area (Å²) in [5.74, 6) is 2.72. The molecule has 41 heavy (non-hydrogen) atoms. The third kappa shape index (κ3) is 7.71. The second kappa shape index (κ2) is 12.4. The molecule has 0 spiro atoms.